The largest absolute Gasteiger partial charge is 0.481 e. The second-order valence-electron chi connectivity index (χ2n) is 6.17. The number of halogens is 1. The minimum Gasteiger partial charge on any atom is -0.481 e. The maximum Gasteiger partial charge on any atom is 0.261 e. The zero-order chi connectivity index (χ0) is 16.9. The topological polar surface area (TPSA) is 38.3 Å². The van der Waals surface area contributed by atoms with E-state index in [-0.39, 0.29) is 5.91 Å². The molecule has 0 saturated heterocycles. The van der Waals surface area contributed by atoms with Gasteiger partial charge in [-0.15, -0.1) is 0 Å². The van der Waals surface area contributed by atoms with E-state index in [1.54, 1.807) is 6.92 Å². The van der Waals surface area contributed by atoms with Gasteiger partial charge in [0.2, 0.25) is 0 Å². The molecule has 1 amide bonds. The summed E-state index contributed by atoms with van der Waals surface area (Å²) < 4.78 is 5.95. The van der Waals surface area contributed by atoms with Gasteiger partial charge < -0.3 is 10.1 Å². The first-order valence-corrected chi connectivity index (χ1v) is 8.81. The van der Waals surface area contributed by atoms with Crippen LogP contribution in [-0.2, 0) is 24.2 Å². The van der Waals surface area contributed by atoms with Crippen LogP contribution < -0.4 is 10.1 Å². The molecule has 0 fully saturated rings. The second-order valence-corrected chi connectivity index (χ2v) is 6.58. The number of hydrogen-bond donors (Lipinski definition) is 1. The first-order valence-electron chi connectivity index (χ1n) is 8.43. The molecule has 0 spiro atoms. The van der Waals surface area contributed by atoms with Crippen LogP contribution >= 0.6 is 11.6 Å². The zero-order valence-electron chi connectivity index (χ0n) is 13.8. The average Bonchev–Trinajstić information content (AvgIpc) is 2.61. The lowest BCUT2D eigenvalue weighted by atomic mass is 9.91. The summed E-state index contributed by atoms with van der Waals surface area (Å²) >= 11 is 6.11. The van der Waals surface area contributed by atoms with Gasteiger partial charge in [-0.1, -0.05) is 41.9 Å². The van der Waals surface area contributed by atoms with Gasteiger partial charge in [-0.05, 0) is 61.4 Å². The van der Waals surface area contributed by atoms with Gasteiger partial charge >= 0.3 is 0 Å². The Labute approximate surface area is 148 Å². The van der Waals surface area contributed by atoms with E-state index in [0.717, 1.165) is 24.2 Å². The van der Waals surface area contributed by atoms with E-state index < -0.39 is 6.10 Å². The lowest BCUT2D eigenvalue weighted by Crippen LogP contribution is -2.36. The standard InChI is InChI=1S/C20H22ClNO2/c1-14(20(23)22-13-16-8-3-5-11-18(16)21)24-19-12-6-9-15-7-2-4-10-17(15)19/h3,5-6,8-9,11-12,14H,2,4,7,10,13H2,1H3,(H,22,23)/t14-/m1/s1. The number of hydrogen-bond acceptors (Lipinski definition) is 2. The first kappa shape index (κ1) is 16.8. The Morgan fingerprint density at radius 2 is 1.96 bits per heavy atom. The van der Waals surface area contributed by atoms with Gasteiger partial charge in [-0.2, -0.15) is 0 Å². The summed E-state index contributed by atoms with van der Waals surface area (Å²) in [6, 6.07) is 13.6. The van der Waals surface area contributed by atoms with Crippen molar-refractivity contribution in [2.45, 2.75) is 45.3 Å². The van der Waals surface area contributed by atoms with E-state index in [9.17, 15) is 4.79 Å². The fourth-order valence-corrected chi connectivity index (χ4v) is 3.27. The normalized spacial score (nSPS) is 14.6. The molecule has 0 radical (unpaired) electrons. The van der Waals surface area contributed by atoms with Crippen LogP contribution in [0.1, 0.15) is 36.5 Å². The summed E-state index contributed by atoms with van der Waals surface area (Å²) in [6.45, 7) is 2.18. The van der Waals surface area contributed by atoms with Crippen molar-refractivity contribution in [3.05, 3.63) is 64.2 Å². The van der Waals surface area contributed by atoms with E-state index in [4.69, 9.17) is 16.3 Å². The molecular weight excluding hydrogens is 322 g/mol. The van der Waals surface area contributed by atoms with Crippen LogP contribution in [0.15, 0.2) is 42.5 Å². The van der Waals surface area contributed by atoms with Crippen molar-refractivity contribution in [1.82, 2.24) is 5.32 Å². The smallest absolute Gasteiger partial charge is 0.261 e. The van der Waals surface area contributed by atoms with Crippen molar-refractivity contribution < 1.29 is 9.53 Å². The highest BCUT2D eigenvalue weighted by atomic mass is 35.5. The van der Waals surface area contributed by atoms with Crippen molar-refractivity contribution in [2.24, 2.45) is 0 Å². The highest BCUT2D eigenvalue weighted by Crippen LogP contribution is 2.30. The molecule has 3 rings (SSSR count). The average molecular weight is 344 g/mol. The van der Waals surface area contributed by atoms with Crippen molar-refractivity contribution in [3.63, 3.8) is 0 Å². The molecular formula is C20H22ClNO2. The molecule has 1 atom stereocenters. The summed E-state index contributed by atoms with van der Waals surface area (Å²) in [5.41, 5.74) is 3.51. The third-order valence-corrected chi connectivity index (χ3v) is 4.81. The Balaban J connectivity index is 1.62. The number of benzene rings is 2. The molecule has 24 heavy (non-hydrogen) atoms. The molecule has 0 unspecified atom stereocenters. The molecule has 1 N–H and O–H groups in total. The number of nitrogens with one attached hydrogen (secondary N) is 1. The molecule has 1 aliphatic carbocycles. The lowest BCUT2D eigenvalue weighted by molar-refractivity contribution is -0.127. The number of carbonyl (C=O) groups excluding carboxylic acids is 1. The summed E-state index contributed by atoms with van der Waals surface area (Å²) in [4.78, 5) is 12.3. The molecule has 0 aliphatic heterocycles. The number of fused-ring (bicyclic) bond motifs is 1. The van der Waals surface area contributed by atoms with E-state index in [1.807, 2.05) is 36.4 Å². The van der Waals surface area contributed by atoms with Gasteiger partial charge in [0.1, 0.15) is 5.75 Å². The van der Waals surface area contributed by atoms with Crippen LogP contribution in [-0.4, -0.2) is 12.0 Å². The fourth-order valence-electron chi connectivity index (χ4n) is 3.07. The summed E-state index contributed by atoms with van der Waals surface area (Å²) in [7, 11) is 0. The van der Waals surface area contributed by atoms with Gasteiger partial charge in [0, 0.05) is 11.6 Å². The first-order chi connectivity index (χ1) is 11.6. The third-order valence-electron chi connectivity index (χ3n) is 4.44. The van der Waals surface area contributed by atoms with Gasteiger partial charge in [-0.25, -0.2) is 0 Å². The predicted molar refractivity (Wildman–Crippen MR) is 96.5 cm³/mol. The number of amides is 1. The molecule has 0 aromatic heterocycles. The van der Waals surface area contributed by atoms with Crippen molar-refractivity contribution in [2.75, 3.05) is 0 Å². The SMILES string of the molecule is C[C@@H](Oc1cccc2c1CCCC2)C(=O)NCc1ccccc1Cl. The molecule has 0 heterocycles. The third kappa shape index (κ3) is 3.90. The van der Waals surface area contributed by atoms with Gasteiger partial charge in [0.15, 0.2) is 6.10 Å². The van der Waals surface area contributed by atoms with Crippen molar-refractivity contribution in [1.29, 1.82) is 0 Å². The minimum atomic E-state index is -0.541. The molecule has 2 aromatic carbocycles. The highest BCUT2D eigenvalue weighted by Gasteiger charge is 2.19. The Morgan fingerprint density at radius 3 is 2.79 bits per heavy atom. The maximum absolute atomic E-state index is 12.3. The zero-order valence-corrected chi connectivity index (χ0v) is 14.6. The van der Waals surface area contributed by atoms with Crippen LogP contribution in [0.25, 0.3) is 0 Å². The minimum absolute atomic E-state index is 0.136. The van der Waals surface area contributed by atoms with E-state index in [1.165, 1.54) is 24.0 Å². The summed E-state index contributed by atoms with van der Waals surface area (Å²) in [6.07, 6.45) is 3.99. The van der Waals surface area contributed by atoms with Gasteiger partial charge in [-0.3, -0.25) is 4.79 Å². The predicted octanol–water partition coefficient (Wildman–Crippen LogP) is 4.30. The quantitative estimate of drug-likeness (QED) is 0.878. The van der Waals surface area contributed by atoms with Crippen molar-refractivity contribution in [3.8, 4) is 5.75 Å². The van der Waals surface area contributed by atoms with Crippen LogP contribution in [0, 0.1) is 0 Å². The van der Waals surface area contributed by atoms with Crippen molar-refractivity contribution >= 4 is 17.5 Å². The molecule has 0 saturated carbocycles. The van der Waals surface area contributed by atoms with E-state index in [0.29, 0.717) is 11.6 Å². The Morgan fingerprint density at radius 1 is 1.17 bits per heavy atom. The van der Waals surface area contributed by atoms with E-state index >= 15 is 0 Å². The van der Waals surface area contributed by atoms with Gasteiger partial charge in [0.25, 0.3) is 5.91 Å². The molecule has 126 valence electrons. The summed E-state index contributed by atoms with van der Waals surface area (Å²) in [5.74, 6) is 0.705. The second kappa shape index (κ2) is 7.71. The van der Waals surface area contributed by atoms with Crippen LogP contribution in [0.3, 0.4) is 0 Å². The summed E-state index contributed by atoms with van der Waals surface area (Å²) in [5, 5.41) is 3.55. The maximum atomic E-state index is 12.3. The molecule has 4 heteroatoms. The monoisotopic (exact) mass is 343 g/mol. The Kier molecular flexibility index (Phi) is 5.41. The molecule has 3 nitrogen and oxygen atoms in total. The number of rotatable bonds is 5. The van der Waals surface area contributed by atoms with E-state index in [2.05, 4.69) is 11.4 Å². The Bertz CT molecular complexity index is 729. The van der Waals surface area contributed by atoms with Crippen LogP contribution in [0.5, 0.6) is 5.75 Å². The Hall–Kier alpha value is -2.00. The lowest BCUT2D eigenvalue weighted by Gasteiger charge is -2.22. The number of ether oxygens (including phenoxy) is 1. The van der Waals surface area contributed by atoms with Crippen LogP contribution in [0.2, 0.25) is 5.02 Å². The number of carbonyl (C=O) groups is 1. The highest BCUT2D eigenvalue weighted by molar-refractivity contribution is 6.31. The van der Waals surface area contributed by atoms with Crippen LogP contribution in [0.4, 0.5) is 0 Å². The number of aryl methyl sites for hydroxylation is 1. The molecule has 0 bridgehead atoms. The molecule has 2 aromatic rings. The fraction of sp³-hybridized carbons (Fsp3) is 0.350. The molecule has 1 aliphatic rings. The van der Waals surface area contributed by atoms with Gasteiger partial charge in [0.05, 0.1) is 0 Å².